The molecule has 0 aromatic rings. The van der Waals surface area contributed by atoms with Crippen LogP contribution in [0.3, 0.4) is 0 Å². The smallest absolute Gasteiger partial charge is 0.238 e. The molecule has 0 aromatic carbocycles. The standard InChI is InChI=1S/C10H22N2O3S/c1-7(2)16(14,15)12-8(3)9(13)11-10(4,5)6/h7-8,12H,1-6H3,(H,11,13). The Balaban J connectivity index is 4.50. The summed E-state index contributed by atoms with van der Waals surface area (Å²) in [5, 5.41) is 2.17. The van der Waals surface area contributed by atoms with Crippen LogP contribution in [0.15, 0.2) is 0 Å². The van der Waals surface area contributed by atoms with Gasteiger partial charge < -0.3 is 5.32 Å². The van der Waals surface area contributed by atoms with Crippen molar-refractivity contribution in [2.45, 2.75) is 58.4 Å². The topological polar surface area (TPSA) is 75.3 Å². The molecule has 0 aliphatic carbocycles. The molecule has 5 nitrogen and oxygen atoms in total. The number of carbonyl (C=O) groups is 1. The summed E-state index contributed by atoms with van der Waals surface area (Å²) < 4.78 is 25.4. The lowest BCUT2D eigenvalue weighted by atomic mass is 10.1. The number of sulfonamides is 1. The second kappa shape index (κ2) is 5.14. The molecule has 0 spiro atoms. The number of nitrogens with one attached hydrogen (secondary N) is 2. The highest BCUT2D eigenvalue weighted by molar-refractivity contribution is 7.90. The third kappa shape index (κ3) is 5.46. The van der Waals surface area contributed by atoms with Gasteiger partial charge >= 0.3 is 0 Å². The van der Waals surface area contributed by atoms with Crippen LogP contribution in [-0.2, 0) is 14.8 Å². The molecule has 2 N–H and O–H groups in total. The van der Waals surface area contributed by atoms with E-state index >= 15 is 0 Å². The Morgan fingerprint density at radius 2 is 1.56 bits per heavy atom. The Kier molecular flexibility index (Phi) is 4.94. The lowest BCUT2D eigenvalue weighted by Gasteiger charge is -2.24. The fraction of sp³-hybridized carbons (Fsp3) is 0.900. The number of rotatable bonds is 4. The van der Waals surface area contributed by atoms with E-state index in [9.17, 15) is 13.2 Å². The Morgan fingerprint density at radius 3 is 1.88 bits per heavy atom. The zero-order valence-corrected chi connectivity index (χ0v) is 11.6. The fourth-order valence-electron chi connectivity index (χ4n) is 0.914. The van der Waals surface area contributed by atoms with Crippen molar-refractivity contribution in [2.75, 3.05) is 0 Å². The highest BCUT2D eigenvalue weighted by Crippen LogP contribution is 2.02. The van der Waals surface area contributed by atoms with Crippen LogP contribution in [0.4, 0.5) is 0 Å². The second-order valence-electron chi connectivity index (χ2n) is 5.17. The Morgan fingerprint density at radius 1 is 1.12 bits per heavy atom. The molecule has 0 aromatic heterocycles. The zero-order valence-electron chi connectivity index (χ0n) is 10.8. The van der Waals surface area contributed by atoms with Crippen LogP contribution in [0.2, 0.25) is 0 Å². The van der Waals surface area contributed by atoms with Crippen LogP contribution < -0.4 is 10.0 Å². The maximum atomic E-state index is 11.6. The van der Waals surface area contributed by atoms with Gasteiger partial charge in [-0.3, -0.25) is 4.79 Å². The first-order valence-corrected chi connectivity index (χ1v) is 6.83. The third-order valence-corrected chi connectivity index (χ3v) is 3.78. The molecule has 0 aliphatic heterocycles. The fourth-order valence-corrected chi connectivity index (χ4v) is 1.79. The van der Waals surface area contributed by atoms with Crippen molar-refractivity contribution in [3.63, 3.8) is 0 Å². The van der Waals surface area contributed by atoms with E-state index in [4.69, 9.17) is 0 Å². The summed E-state index contributed by atoms with van der Waals surface area (Å²) in [4.78, 5) is 11.6. The van der Waals surface area contributed by atoms with Crippen molar-refractivity contribution in [1.82, 2.24) is 10.0 Å². The molecule has 0 aliphatic rings. The van der Waals surface area contributed by atoms with Gasteiger partial charge in [-0.15, -0.1) is 0 Å². The predicted octanol–water partition coefficient (Wildman–Crippen LogP) is 0.617. The molecular weight excluding hydrogens is 228 g/mol. The van der Waals surface area contributed by atoms with Gasteiger partial charge in [-0.1, -0.05) is 0 Å². The highest BCUT2D eigenvalue weighted by Gasteiger charge is 2.25. The minimum atomic E-state index is -3.41. The van der Waals surface area contributed by atoms with E-state index < -0.39 is 21.3 Å². The average molecular weight is 250 g/mol. The molecule has 0 saturated carbocycles. The first-order chi connectivity index (χ1) is 6.96. The van der Waals surface area contributed by atoms with Crippen molar-refractivity contribution in [1.29, 1.82) is 0 Å². The average Bonchev–Trinajstić information content (AvgIpc) is 1.99. The summed E-state index contributed by atoms with van der Waals surface area (Å²) in [6.07, 6.45) is 0. The summed E-state index contributed by atoms with van der Waals surface area (Å²) in [7, 11) is -3.41. The summed E-state index contributed by atoms with van der Waals surface area (Å²) in [5.41, 5.74) is -0.366. The molecule has 0 heterocycles. The van der Waals surface area contributed by atoms with Crippen molar-refractivity contribution in [3.8, 4) is 0 Å². The summed E-state index contributed by atoms with van der Waals surface area (Å²) in [6.45, 7) is 10.2. The molecule has 0 saturated heterocycles. The molecule has 96 valence electrons. The lowest BCUT2D eigenvalue weighted by molar-refractivity contribution is -0.123. The lowest BCUT2D eigenvalue weighted by Crippen LogP contribution is -2.51. The molecule has 0 rings (SSSR count). The van der Waals surface area contributed by atoms with Crippen LogP contribution in [-0.4, -0.2) is 31.2 Å². The quantitative estimate of drug-likeness (QED) is 0.768. The van der Waals surface area contributed by atoms with Crippen LogP contribution in [0.1, 0.15) is 41.5 Å². The third-order valence-electron chi connectivity index (χ3n) is 1.85. The number of hydrogen-bond donors (Lipinski definition) is 2. The monoisotopic (exact) mass is 250 g/mol. The van der Waals surface area contributed by atoms with Crippen molar-refractivity contribution < 1.29 is 13.2 Å². The number of hydrogen-bond acceptors (Lipinski definition) is 3. The molecule has 0 bridgehead atoms. The molecular formula is C10H22N2O3S. The molecule has 6 heteroatoms. The predicted molar refractivity (Wildman–Crippen MR) is 64.5 cm³/mol. The van der Waals surface area contributed by atoms with Crippen molar-refractivity contribution >= 4 is 15.9 Å². The van der Waals surface area contributed by atoms with Gasteiger partial charge in [0.05, 0.1) is 11.3 Å². The minimum Gasteiger partial charge on any atom is -0.350 e. The van der Waals surface area contributed by atoms with Gasteiger partial charge in [0.1, 0.15) is 0 Å². The van der Waals surface area contributed by atoms with Crippen molar-refractivity contribution in [3.05, 3.63) is 0 Å². The first kappa shape index (κ1) is 15.4. The van der Waals surface area contributed by atoms with Gasteiger partial charge in [-0.2, -0.15) is 0 Å². The highest BCUT2D eigenvalue weighted by atomic mass is 32.2. The summed E-state index contributed by atoms with van der Waals surface area (Å²) in [5.74, 6) is -0.322. The maximum Gasteiger partial charge on any atom is 0.238 e. The van der Waals surface area contributed by atoms with E-state index in [0.717, 1.165) is 0 Å². The second-order valence-corrected chi connectivity index (χ2v) is 7.44. The first-order valence-electron chi connectivity index (χ1n) is 5.29. The summed E-state index contributed by atoms with van der Waals surface area (Å²) >= 11 is 0. The van der Waals surface area contributed by atoms with E-state index in [-0.39, 0.29) is 11.4 Å². The van der Waals surface area contributed by atoms with Gasteiger partial charge in [0, 0.05) is 5.54 Å². The maximum absolute atomic E-state index is 11.6. The zero-order chi connectivity index (χ0) is 13.1. The Labute approximate surface area is 98.0 Å². The van der Waals surface area contributed by atoms with Gasteiger partial charge in [0.15, 0.2) is 0 Å². The molecule has 1 atom stereocenters. The van der Waals surface area contributed by atoms with E-state index in [1.165, 1.54) is 6.92 Å². The minimum absolute atomic E-state index is 0.322. The number of amides is 1. The molecule has 0 radical (unpaired) electrons. The van der Waals surface area contributed by atoms with Crippen LogP contribution >= 0.6 is 0 Å². The van der Waals surface area contributed by atoms with Gasteiger partial charge in [-0.25, -0.2) is 13.1 Å². The van der Waals surface area contributed by atoms with Gasteiger partial charge in [0.25, 0.3) is 0 Å². The van der Waals surface area contributed by atoms with Crippen LogP contribution in [0.25, 0.3) is 0 Å². The van der Waals surface area contributed by atoms with E-state index in [2.05, 4.69) is 10.0 Å². The van der Waals surface area contributed by atoms with E-state index in [1.807, 2.05) is 20.8 Å². The molecule has 1 unspecified atom stereocenters. The largest absolute Gasteiger partial charge is 0.350 e. The van der Waals surface area contributed by atoms with Crippen molar-refractivity contribution in [2.24, 2.45) is 0 Å². The number of carbonyl (C=O) groups excluding carboxylic acids is 1. The molecule has 0 fully saturated rings. The van der Waals surface area contributed by atoms with Gasteiger partial charge in [0.2, 0.25) is 15.9 Å². The normalized spacial score (nSPS) is 14.9. The Bertz CT molecular complexity index is 342. The van der Waals surface area contributed by atoms with Gasteiger partial charge in [-0.05, 0) is 41.5 Å². The molecule has 1 amide bonds. The Hall–Kier alpha value is -0.620. The van der Waals surface area contributed by atoms with E-state index in [1.54, 1.807) is 13.8 Å². The van der Waals surface area contributed by atoms with E-state index in [0.29, 0.717) is 0 Å². The summed E-state index contributed by atoms with van der Waals surface area (Å²) in [6, 6.07) is -0.758. The SMILES string of the molecule is CC(NS(=O)(=O)C(C)C)C(=O)NC(C)(C)C. The van der Waals surface area contributed by atoms with Crippen LogP contribution in [0.5, 0.6) is 0 Å². The van der Waals surface area contributed by atoms with Crippen LogP contribution in [0, 0.1) is 0 Å². The molecule has 16 heavy (non-hydrogen) atoms.